The number of methoxy groups -OCH3 is 1. The SMILES string of the molecule is COc1ccc(NC(=O)CN2C3CCC2CC(O)(c2cccnc2)C3)cc1. The zero-order chi connectivity index (χ0) is 18.9. The summed E-state index contributed by atoms with van der Waals surface area (Å²) in [5, 5.41) is 14.1. The Morgan fingerprint density at radius 3 is 2.56 bits per heavy atom. The summed E-state index contributed by atoms with van der Waals surface area (Å²) in [6.07, 6.45) is 6.80. The van der Waals surface area contributed by atoms with Gasteiger partial charge in [0.15, 0.2) is 0 Å². The highest BCUT2D eigenvalue weighted by Crippen LogP contribution is 2.45. The van der Waals surface area contributed by atoms with E-state index >= 15 is 0 Å². The van der Waals surface area contributed by atoms with Crippen LogP contribution in [0.4, 0.5) is 5.69 Å². The average Bonchev–Trinajstić information content (AvgIpc) is 2.93. The first-order valence-electron chi connectivity index (χ1n) is 9.40. The summed E-state index contributed by atoms with van der Waals surface area (Å²) in [6, 6.07) is 11.6. The summed E-state index contributed by atoms with van der Waals surface area (Å²) in [7, 11) is 1.62. The van der Waals surface area contributed by atoms with E-state index in [1.807, 2.05) is 36.4 Å². The molecule has 2 saturated heterocycles. The van der Waals surface area contributed by atoms with Gasteiger partial charge in [0, 0.05) is 35.7 Å². The highest BCUT2D eigenvalue weighted by atomic mass is 16.5. The van der Waals surface area contributed by atoms with Crippen molar-refractivity contribution in [3.05, 3.63) is 54.4 Å². The van der Waals surface area contributed by atoms with E-state index in [-0.39, 0.29) is 18.0 Å². The van der Waals surface area contributed by atoms with Crippen molar-refractivity contribution in [1.82, 2.24) is 9.88 Å². The Labute approximate surface area is 159 Å². The van der Waals surface area contributed by atoms with Crippen LogP contribution in [-0.2, 0) is 10.4 Å². The molecule has 2 fully saturated rings. The van der Waals surface area contributed by atoms with E-state index in [0.717, 1.165) is 29.8 Å². The maximum absolute atomic E-state index is 12.5. The first kappa shape index (κ1) is 17.9. The van der Waals surface area contributed by atoms with Crippen molar-refractivity contribution >= 4 is 11.6 Å². The topological polar surface area (TPSA) is 74.7 Å². The van der Waals surface area contributed by atoms with E-state index in [0.29, 0.717) is 19.4 Å². The molecule has 1 aromatic carbocycles. The lowest BCUT2D eigenvalue weighted by Crippen LogP contribution is -2.51. The number of carbonyl (C=O) groups is 1. The number of benzene rings is 1. The number of ether oxygens (including phenoxy) is 1. The molecular formula is C21H25N3O3. The van der Waals surface area contributed by atoms with Crippen LogP contribution in [0.15, 0.2) is 48.8 Å². The van der Waals surface area contributed by atoms with Gasteiger partial charge in [-0.05, 0) is 56.0 Å². The first-order chi connectivity index (χ1) is 13.1. The molecule has 2 N–H and O–H groups in total. The predicted octanol–water partition coefficient (Wildman–Crippen LogP) is 2.54. The summed E-state index contributed by atoms with van der Waals surface area (Å²) < 4.78 is 5.14. The summed E-state index contributed by atoms with van der Waals surface area (Å²) in [4.78, 5) is 18.9. The fraction of sp³-hybridized carbons (Fsp3) is 0.429. The zero-order valence-electron chi connectivity index (χ0n) is 15.5. The number of aliphatic hydroxyl groups is 1. The standard InChI is InChI=1S/C21H25N3O3/c1-27-19-8-4-16(5-9-19)23-20(25)14-24-17-6-7-18(24)12-21(26,11-17)15-3-2-10-22-13-15/h2-5,8-10,13,17-18,26H,6-7,11-12,14H2,1H3,(H,23,25). The largest absolute Gasteiger partial charge is 0.497 e. The van der Waals surface area contributed by atoms with Crippen molar-refractivity contribution in [3.63, 3.8) is 0 Å². The van der Waals surface area contributed by atoms with Crippen LogP contribution < -0.4 is 10.1 Å². The van der Waals surface area contributed by atoms with Gasteiger partial charge in [0.05, 0.1) is 19.3 Å². The van der Waals surface area contributed by atoms with Crippen LogP contribution in [0.1, 0.15) is 31.2 Å². The third kappa shape index (κ3) is 3.68. The van der Waals surface area contributed by atoms with Gasteiger partial charge in [0.1, 0.15) is 5.75 Å². The average molecular weight is 367 g/mol. The number of nitrogens with zero attached hydrogens (tertiary/aromatic N) is 2. The number of pyridine rings is 1. The lowest BCUT2D eigenvalue weighted by Gasteiger charge is -2.43. The van der Waals surface area contributed by atoms with Crippen molar-refractivity contribution in [2.75, 3.05) is 19.0 Å². The molecule has 0 aliphatic carbocycles. The molecule has 1 aromatic heterocycles. The molecule has 3 heterocycles. The second-order valence-electron chi connectivity index (χ2n) is 7.52. The molecule has 2 aliphatic rings. The molecule has 0 saturated carbocycles. The number of rotatable bonds is 5. The van der Waals surface area contributed by atoms with E-state index < -0.39 is 5.60 Å². The molecule has 1 amide bonds. The maximum Gasteiger partial charge on any atom is 0.238 e. The van der Waals surface area contributed by atoms with E-state index in [9.17, 15) is 9.90 Å². The predicted molar refractivity (Wildman–Crippen MR) is 103 cm³/mol. The molecule has 27 heavy (non-hydrogen) atoms. The lowest BCUT2D eigenvalue weighted by molar-refractivity contribution is -0.121. The van der Waals surface area contributed by atoms with Crippen molar-refractivity contribution in [3.8, 4) is 5.75 Å². The second kappa shape index (κ2) is 7.29. The summed E-state index contributed by atoms with van der Waals surface area (Å²) >= 11 is 0. The van der Waals surface area contributed by atoms with E-state index in [4.69, 9.17) is 4.74 Å². The second-order valence-corrected chi connectivity index (χ2v) is 7.52. The van der Waals surface area contributed by atoms with Crippen LogP contribution in [0.5, 0.6) is 5.75 Å². The normalized spacial score (nSPS) is 27.3. The van der Waals surface area contributed by atoms with Gasteiger partial charge in [0.2, 0.25) is 5.91 Å². The van der Waals surface area contributed by atoms with Gasteiger partial charge in [0.25, 0.3) is 0 Å². The molecular weight excluding hydrogens is 342 g/mol. The van der Waals surface area contributed by atoms with Crippen LogP contribution in [-0.4, -0.2) is 46.6 Å². The van der Waals surface area contributed by atoms with Crippen LogP contribution in [0, 0.1) is 0 Å². The van der Waals surface area contributed by atoms with Crippen LogP contribution in [0.2, 0.25) is 0 Å². The van der Waals surface area contributed by atoms with Crippen molar-refractivity contribution in [1.29, 1.82) is 0 Å². The van der Waals surface area contributed by atoms with Gasteiger partial charge in [-0.25, -0.2) is 0 Å². The highest BCUT2D eigenvalue weighted by molar-refractivity contribution is 5.92. The van der Waals surface area contributed by atoms with Gasteiger partial charge < -0.3 is 15.2 Å². The number of anilines is 1. The molecule has 2 bridgehead atoms. The fourth-order valence-corrected chi connectivity index (χ4v) is 4.49. The highest BCUT2D eigenvalue weighted by Gasteiger charge is 2.48. The van der Waals surface area contributed by atoms with Crippen LogP contribution in [0.3, 0.4) is 0 Å². The Kier molecular flexibility index (Phi) is 4.85. The Morgan fingerprint density at radius 2 is 1.96 bits per heavy atom. The van der Waals surface area contributed by atoms with Crippen molar-refractivity contribution in [2.45, 2.75) is 43.4 Å². The number of amides is 1. The lowest BCUT2D eigenvalue weighted by atomic mass is 9.81. The Bertz CT molecular complexity index is 780. The third-order valence-corrected chi connectivity index (χ3v) is 5.82. The number of aromatic nitrogens is 1. The van der Waals surface area contributed by atoms with Crippen molar-refractivity contribution < 1.29 is 14.6 Å². The molecule has 2 atom stereocenters. The summed E-state index contributed by atoms with van der Waals surface area (Å²) in [6.45, 7) is 0.352. The summed E-state index contributed by atoms with van der Waals surface area (Å²) in [5.74, 6) is 0.737. The molecule has 0 spiro atoms. The number of fused-ring (bicyclic) bond motifs is 2. The van der Waals surface area contributed by atoms with Gasteiger partial charge >= 0.3 is 0 Å². The molecule has 4 rings (SSSR count). The zero-order valence-corrected chi connectivity index (χ0v) is 15.5. The fourth-order valence-electron chi connectivity index (χ4n) is 4.49. The van der Waals surface area contributed by atoms with Crippen LogP contribution in [0.25, 0.3) is 0 Å². The Hall–Kier alpha value is -2.44. The smallest absolute Gasteiger partial charge is 0.238 e. The molecule has 6 heteroatoms. The third-order valence-electron chi connectivity index (χ3n) is 5.82. The van der Waals surface area contributed by atoms with Gasteiger partial charge in [-0.2, -0.15) is 0 Å². The minimum absolute atomic E-state index is 0.0242. The summed E-state index contributed by atoms with van der Waals surface area (Å²) in [5.41, 5.74) is 0.796. The number of nitrogens with one attached hydrogen (secondary N) is 1. The Balaban J connectivity index is 1.40. The molecule has 2 unspecified atom stereocenters. The Morgan fingerprint density at radius 1 is 1.26 bits per heavy atom. The monoisotopic (exact) mass is 367 g/mol. The molecule has 2 aliphatic heterocycles. The maximum atomic E-state index is 12.5. The minimum atomic E-state index is -0.844. The van der Waals surface area contributed by atoms with Crippen LogP contribution >= 0.6 is 0 Å². The molecule has 2 aromatic rings. The van der Waals surface area contributed by atoms with E-state index in [1.54, 1.807) is 19.5 Å². The first-order valence-corrected chi connectivity index (χ1v) is 9.40. The van der Waals surface area contributed by atoms with Crippen molar-refractivity contribution in [2.24, 2.45) is 0 Å². The molecule has 6 nitrogen and oxygen atoms in total. The van der Waals surface area contributed by atoms with Gasteiger partial charge in [-0.3, -0.25) is 14.7 Å². The quantitative estimate of drug-likeness (QED) is 0.850. The number of carbonyl (C=O) groups excluding carboxylic acids is 1. The number of piperidine rings is 1. The van der Waals surface area contributed by atoms with E-state index in [2.05, 4.69) is 15.2 Å². The molecule has 142 valence electrons. The van der Waals surface area contributed by atoms with E-state index in [1.165, 1.54) is 0 Å². The number of hydrogen-bond acceptors (Lipinski definition) is 5. The number of hydrogen-bond donors (Lipinski definition) is 2. The minimum Gasteiger partial charge on any atom is -0.497 e. The van der Waals surface area contributed by atoms with Gasteiger partial charge in [-0.1, -0.05) is 6.07 Å². The molecule has 0 radical (unpaired) electrons. The van der Waals surface area contributed by atoms with Gasteiger partial charge in [-0.15, -0.1) is 0 Å².